The van der Waals surface area contributed by atoms with E-state index in [-0.39, 0.29) is 13.2 Å². The van der Waals surface area contributed by atoms with Crippen LogP contribution in [-0.4, -0.2) is 23.5 Å². The van der Waals surface area contributed by atoms with Crippen LogP contribution in [0.25, 0.3) is 10.8 Å². The summed E-state index contributed by atoms with van der Waals surface area (Å²) in [5.74, 6) is -0.445. The summed E-state index contributed by atoms with van der Waals surface area (Å²) in [5, 5.41) is 1.96. The molecule has 5 heteroatoms. The van der Waals surface area contributed by atoms with Gasteiger partial charge in [-0.3, -0.25) is 9.69 Å². The Labute approximate surface area is 150 Å². The second-order valence-corrected chi connectivity index (χ2v) is 6.08. The molecule has 0 aliphatic carbocycles. The summed E-state index contributed by atoms with van der Waals surface area (Å²) >= 11 is 0. The number of fused-ring (bicyclic) bond motifs is 1. The molecule has 0 bridgehead atoms. The topological polar surface area (TPSA) is 55.8 Å². The van der Waals surface area contributed by atoms with E-state index in [1.807, 2.05) is 72.8 Å². The van der Waals surface area contributed by atoms with Crippen molar-refractivity contribution in [3.05, 3.63) is 83.9 Å². The third-order valence-electron chi connectivity index (χ3n) is 4.35. The molecule has 3 aromatic rings. The maximum atomic E-state index is 12.6. The van der Waals surface area contributed by atoms with E-state index in [0.29, 0.717) is 0 Å². The zero-order chi connectivity index (χ0) is 17.9. The van der Waals surface area contributed by atoms with Gasteiger partial charge in [-0.2, -0.15) is 0 Å². The first-order valence-electron chi connectivity index (χ1n) is 8.37. The Hall–Kier alpha value is -3.34. The summed E-state index contributed by atoms with van der Waals surface area (Å²) < 4.78 is 10.8. The molecule has 1 fully saturated rings. The molecule has 1 atom stereocenters. The minimum absolute atomic E-state index is 0.124. The summed E-state index contributed by atoms with van der Waals surface area (Å²) in [7, 11) is 0. The van der Waals surface area contributed by atoms with Crippen molar-refractivity contribution in [1.82, 2.24) is 4.90 Å². The molecule has 1 heterocycles. The van der Waals surface area contributed by atoms with E-state index < -0.39 is 18.3 Å². The van der Waals surface area contributed by atoms with Crippen LogP contribution in [-0.2, 0) is 20.9 Å². The van der Waals surface area contributed by atoms with E-state index in [4.69, 9.17) is 9.47 Å². The van der Waals surface area contributed by atoms with E-state index in [9.17, 15) is 9.59 Å². The van der Waals surface area contributed by atoms with Crippen molar-refractivity contribution in [3.63, 3.8) is 0 Å². The van der Waals surface area contributed by atoms with Crippen LogP contribution in [0.3, 0.4) is 0 Å². The van der Waals surface area contributed by atoms with E-state index >= 15 is 0 Å². The first kappa shape index (κ1) is 16.1. The van der Waals surface area contributed by atoms with Gasteiger partial charge in [0.25, 0.3) is 0 Å². The molecule has 0 aromatic heterocycles. The smallest absolute Gasteiger partial charge is 0.413 e. The predicted molar refractivity (Wildman–Crippen MR) is 96.1 cm³/mol. The third-order valence-corrected chi connectivity index (χ3v) is 4.35. The number of hydrogen-bond donors (Lipinski definition) is 0. The highest BCUT2D eigenvalue weighted by Gasteiger charge is 2.38. The first-order valence-corrected chi connectivity index (χ1v) is 8.37. The van der Waals surface area contributed by atoms with Crippen molar-refractivity contribution in [2.24, 2.45) is 0 Å². The van der Waals surface area contributed by atoms with E-state index in [0.717, 1.165) is 21.9 Å². The lowest BCUT2D eigenvalue weighted by Crippen LogP contribution is -2.32. The maximum absolute atomic E-state index is 12.6. The Kier molecular flexibility index (Phi) is 4.27. The molecule has 0 spiro atoms. The predicted octanol–water partition coefficient (Wildman–Crippen LogP) is 4.03. The number of rotatable bonds is 3. The number of amides is 1. The standard InChI is InChI=1S/C21H17NO4/c23-19-13-22(21(24)25-14-15-7-2-1-3-8-15)20(26-19)18-12-6-10-16-9-4-5-11-17(16)18/h1-12,20H,13-14H2. The zero-order valence-corrected chi connectivity index (χ0v) is 14.0. The molecule has 26 heavy (non-hydrogen) atoms. The van der Waals surface area contributed by atoms with Gasteiger partial charge in [0.2, 0.25) is 6.23 Å². The normalized spacial score (nSPS) is 16.5. The molecule has 130 valence electrons. The number of esters is 1. The van der Waals surface area contributed by atoms with Gasteiger partial charge in [-0.15, -0.1) is 0 Å². The molecule has 0 radical (unpaired) electrons. The molecule has 1 saturated heterocycles. The minimum atomic E-state index is -0.781. The molecule has 4 rings (SSSR count). The van der Waals surface area contributed by atoms with Gasteiger partial charge in [-0.05, 0) is 16.3 Å². The quantitative estimate of drug-likeness (QED) is 0.671. The van der Waals surface area contributed by atoms with Crippen LogP contribution in [0.2, 0.25) is 0 Å². The lowest BCUT2D eigenvalue weighted by molar-refractivity contribution is -0.141. The summed E-state index contributed by atoms with van der Waals surface area (Å²) in [6.07, 6.45) is -1.35. The van der Waals surface area contributed by atoms with Crippen LogP contribution >= 0.6 is 0 Å². The Morgan fingerprint density at radius 3 is 2.58 bits per heavy atom. The van der Waals surface area contributed by atoms with Crippen molar-refractivity contribution in [3.8, 4) is 0 Å². The van der Waals surface area contributed by atoms with Crippen molar-refractivity contribution in [2.75, 3.05) is 6.54 Å². The lowest BCUT2D eigenvalue weighted by Gasteiger charge is -2.22. The van der Waals surface area contributed by atoms with Gasteiger partial charge in [-0.25, -0.2) is 4.79 Å². The van der Waals surface area contributed by atoms with E-state index in [1.165, 1.54) is 4.90 Å². The molecular weight excluding hydrogens is 330 g/mol. The first-order chi connectivity index (χ1) is 12.7. The Bertz CT molecular complexity index is 949. The zero-order valence-electron chi connectivity index (χ0n) is 14.0. The molecule has 5 nitrogen and oxygen atoms in total. The van der Waals surface area contributed by atoms with Gasteiger partial charge in [0.1, 0.15) is 13.2 Å². The van der Waals surface area contributed by atoms with Gasteiger partial charge < -0.3 is 9.47 Å². The highest BCUT2D eigenvalue weighted by molar-refractivity contribution is 5.88. The monoisotopic (exact) mass is 347 g/mol. The minimum Gasteiger partial charge on any atom is -0.444 e. The highest BCUT2D eigenvalue weighted by Crippen LogP contribution is 2.33. The molecule has 0 saturated carbocycles. The van der Waals surface area contributed by atoms with Gasteiger partial charge in [0, 0.05) is 5.56 Å². The van der Waals surface area contributed by atoms with Crippen LogP contribution < -0.4 is 0 Å². The average molecular weight is 347 g/mol. The molecule has 0 N–H and O–H groups in total. The van der Waals surface area contributed by atoms with Crippen LogP contribution in [0.4, 0.5) is 4.79 Å². The summed E-state index contributed by atoms with van der Waals surface area (Å²) in [4.78, 5) is 25.8. The van der Waals surface area contributed by atoms with E-state index in [2.05, 4.69) is 0 Å². The number of carbonyl (C=O) groups is 2. The number of benzene rings is 3. The van der Waals surface area contributed by atoms with Crippen molar-refractivity contribution in [1.29, 1.82) is 0 Å². The Morgan fingerprint density at radius 2 is 1.73 bits per heavy atom. The fourth-order valence-electron chi connectivity index (χ4n) is 3.11. The average Bonchev–Trinajstić information content (AvgIpc) is 3.08. The molecule has 3 aromatic carbocycles. The largest absolute Gasteiger partial charge is 0.444 e. The molecule has 1 amide bonds. The number of carbonyl (C=O) groups excluding carboxylic acids is 2. The lowest BCUT2D eigenvalue weighted by atomic mass is 10.0. The maximum Gasteiger partial charge on any atom is 0.413 e. The third kappa shape index (κ3) is 3.11. The second kappa shape index (κ2) is 6.88. The van der Waals surface area contributed by atoms with Crippen molar-refractivity contribution in [2.45, 2.75) is 12.8 Å². The van der Waals surface area contributed by atoms with Crippen LogP contribution in [0, 0.1) is 0 Å². The summed E-state index contributed by atoms with van der Waals surface area (Å²) in [5.41, 5.74) is 1.65. The van der Waals surface area contributed by atoms with Crippen molar-refractivity contribution < 1.29 is 19.1 Å². The molecular formula is C21H17NO4. The van der Waals surface area contributed by atoms with Crippen molar-refractivity contribution >= 4 is 22.8 Å². The molecule has 1 aliphatic rings. The molecule has 1 unspecified atom stereocenters. The highest BCUT2D eigenvalue weighted by atomic mass is 16.6. The number of hydrogen-bond acceptors (Lipinski definition) is 4. The SMILES string of the molecule is O=C1CN(C(=O)OCc2ccccc2)C(c2cccc3ccccc23)O1. The van der Waals surface area contributed by atoms with Crippen LogP contribution in [0.5, 0.6) is 0 Å². The number of nitrogens with zero attached hydrogens (tertiary/aromatic N) is 1. The number of ether oxygens (including phenoxy) is 2. The van der Waals surface area contributed by atoms with Gasteiger partial charge in [0.05, 0.1) is 0 Å². The summed E-state index contributed by atoms with van der Waals surface area (Å²) in [6.45, 7) is 0.0220. The van der Waals surface area contributed by atoms with Gasteiger partial charge >= 0.3 is 12.1 Å². The number of cyclic esters (lactones) is 1. The second-order valence-electron chi connectivity index (χ2n) is 6.08. The fourth-order valence-corrected chi connectivity index (χ4v) is 3.11. The van der Waals surface area contributed by atoms with Gasteiger partial charge in [-0.1, -0.05) is 72.8 Å². The fraction of sp³-hybridized carbons (Fsp3) is 0.143. The Balaban J connectivity index is 1.59. The van der Waals surface area contributed by atoms with E-state index in [1.54, 1.807) is 0 Å². The van der Waals surface area contributed by atoms with Gasteiger partial charge in [0.15, 0.2) is 0 Å². The molecule has 1 aliphatic heterocycles. The van der Waals surface area contributed by atoms with Crippen LogP contribution in [0.15, 0.2) is 72.8 Å². The van der Waals surface area contributed by atoms with Crippen LogP contribution in [0.1, 0.15) is 17.4 Å². The summed E-state index contributed by atoms with van der Waals surface area (Å²) in [6, 6.07) is 22.9. The Morgan fingerprint density at radius 1 is 1.00 bits per heavy atom.